The summed E-state index contributed by atoms with van der Waals surface area (Å²) < 4.78 is 40.2. The van der Waals surface area contributed by atoms with E-state index in [1.54, 1.807) is 25.1 Å². The van der Waals surface area contributed by atoms with Crippen LogP contribution in [0.5, 0.6) is 0 Å². The summed E-state index contributed by atoms with van der Waals surface area (Å²) in [4.78, 5) is 44.6. The number of aromatic nitrogens is 2. The van der Waals surface area contributed by atoms with Gasteiger partial charge in [0.2, 0.25) is 5.91 Å². The molecule has 0 saturated heterocycles. The van der Waals surface area contributed by atoms with E-state index in [9.17, 15) is 27.6 Å². The number of H-pyrrole nitrogens is 1. The van der Waals surface area contributed by atoms with Gasteiger partial charge in [-0.15, -0.1) is 12.4 Å². The number of fused-ring (bicyclic) bond motifs is 1. The van der Waals surface area contributed by atoms with E-state index in [2.05, 4.69) is 20.6 Å². The third kappa shape index (κ3) is 6.06. The maximum absolute atomic E-state index is 13.4. The predicted octanol–water partition coefficient (Wildman–Crippen LogP) is 5.50. The highest BCUT2D eigenvalue weighted by atomic mass is 35.5. The van der Waals surface area contributed by atoms with Crippen molar-refractivity contribution in [1.82, 2.24) is 9.97 Å². The fourth-order valence-electron chi connectivity index (χ4n) is 3.72. The van der Waals surface area contributed by atoms with Gasteiger partial charge in [-0.05, 0) is 48.9 Å². The molecule has 3 amide bonds. The third-order valence-electron chi connectivity index (χ3n) is 5.47. The second-order valence-corrected chi connectivity index (χ2v) is 8.52. The maximum Gasteiger partial charge on any atom is 0.417 e. The van der Waals surface area contributed by atoms with Gasteiger partial charge >= 0.3 is 6.18 Å². The van der Waals surface area contributed by atoms with Gasteiger partial charge in [0, 0.05) is 16.4 Å². The van der Waals surface area contributed by atoms with E-state index in [1.807, 2.05) is 0 Å². The molecule has 3 aromatic carbocycles. The Kier molecular flexibility index (Phi) is 8.33. The number of aromatic amines is 1. The van der Waals surface area contributed by atoms with Crippen molar-refractivity contribution in [3.8, 4) is 0 Å². The van der Waals surface area contributed by atoms with E-state index >= 15 is 0 Å². The zero-order valence-electron chi connectivity index (χ0n) is 19.6. The Bertz CT molecular complexity index is 1550. The molecule has 1 aromatic heterocycles. The molecular weight excluding hydrogens is 546 g/mol. The largest absolute Gasteiger partial charge is 0.417 e. The number of imidazole rings is 1. The zero-order valence-corrected chi connectivity index (χ0v) is 21.1. The molecule has 4 rings (SSSR count). The van der Waals surface area contributed by atoms with Gasteiger partial charge in [0.1, 0.15) is 11.3 Å². The average molecular weight is 566 g/mol. The number of hydrogen-bond donors (Lipinski definition) is 4. The minimum Gasteiger partial charge on any atom is -0.369 e. The van der Waals surface area contributed by atoms with Gasteiger partial charge in [0.15, 0.2) is 0 Å². The first-order valence-electron chi connectivity index (χ1n) is 10.8. The van der Waals surface area contributed by atoms with E-state index < -0.39 is 35.0 Å². The zero-order chi connectivity index (χ0) is 26.9. The quantitative estimate of drug-likeness (QED) is 0.246. The lowest BCUT2D eigenvalue weighted by atomic mass is 10.1. The molecule has 5 N–H and O–H groups in total. The highest BCUT2D eigenvalue weighted by Crippen LogP contribution is 2.33. The van der Waals surface area contributed by atoms with Crippen molar-refractivity contribution in [3.63, 3.8) is 0 Å². The van der Waals surface area contributed by atoms with Crippen molar-refractivity contribution in [3.05, 3.63) is 87.7 Å². The van der Waals surface area contributed by atoms with Gasteiger partial charge in [-0.25, -0.2) is 4.98 Å². The highest BCUT2D eigenvalue weighted by Gasteiger charge is 2.35. The van der Waals surface area contributed by atoms with Crippen LogP contribution in [0.15, 0.2) is 54.6 Å². The van der Waals surface area contributed by atoms with E-state index in [-0.39, 0.29) is 46.9 Å². The van der Waals surface area contributed by atoms with Gasteiger partial charge in [-0.3, -0.25) is 14.4 Å². The molecular formula is C25H20Cl2F3N5O3. The molecule has 0 spiro atoms. The van der Waals surface area contributed by atoms with E-state index in [1.165, 1.54) is 24.3 Å². The molecule has 8 nitrogen and oxygen atoms in total. The summed E-state index contributed by atoms with van der Waals surface area (Å²) >= 11 is 6.14. The van der Waals surface area contributed by atoms with Crippen molar-refractivity contribution in [2.45, 2.75) is 19.5 Å². The fraction of sp³-hybridized carbons (Fsp3) is 0.120. The lowest BCUT2D eigenvalue weighted by Gasteiger charge is -2.14. The number of benzene rings is 3. The fourth-order valence-corrected chi connectivity index (χ4v) is 3.90. The Labute approximate surface area is 225 Å². The van der Waals surface area contributed by atoms with Crippen LogP contribution in [-0.4, -0.2) is 27.7 Å². The van der Waals surface area contributed by atoms with Crippen molar-refractivity contribution < 1.29 is 27.6 Å². The van der Waals surface area contributed by atoms with Crippen LogP contribution in [0.1, 0.15) is 37.7 Å². The van der Waals surface area contributed by atoms with Crippen LogP contribution in [0.25, 0.3) is 11.0 Å². The first-order chi connectivity index (χ1) is 17.4. The molecule has 0 atom stereocenters. The minimum absolute atomic E-state index is 0. The number of nitrogens with two attached hydrogens (primary N) is 1. The number of carbonyl (C=O) groups excluding carboxylic acids is 3. The van der Waals surface area contributed by atoms with Gasteiger partial charge in [-0.1, -0.05) is 29.8 Å². The Hall–Kier alpha value is -4.09. The summed E-state index contributed by atoms with van der Waals surface area (Å²) in [5, 5.41) is 5.56. The smallest absolute Gasteiger partial charge is 0.369 e. The second kappa shape index (κ2) is 11.1. The number of carbonyl (C=O) groups is 3. The molecule has 0 radical (unpaired) electrons. The minimum atomic E-state index is -4.75. The number of halogens is 5. The molecule has 13 heteroatoms. The van der Waals surface area contributed by atoms with E-state index in [0.29, 0.717) is 16.3 Å². The molecule has 0 unspecified atom stereocenters. The van der Waals surface area contributed by atoms with Crippen molar-refractivity contribution in [2.75, 3.05) is 10.6 Å². The third-order valence-corrected chi connectivity index (χ3v) is 5.88. The number of amides is 3. The summed E-state index contributed by atoms with van der Waals surface area (Å²) in [6, 6.07) is 11.9. The summed E-state index contributed by atoms with van der Waals surface area (Å²) in [6.07, 6.45) is -4.99. The van der Waals surface area contributed by atoms with Crippen molar-refractivity contribution >= 4 is 64.1 Å². The van der Waals surface area contributed by atoms with Crippen LogP contribution in [0, 0.1) is 6.92 Å². The molecule has 0 fully saturated rings. The number of primary amides is 1. The Morgan fingerprint density at radius 1 is 1.00 bits per heavy atom. The predicted molar refractivity (Wildman–Crippen MR) is 140 cm³/mol. The van der Waals surface area contributed by atoms with E-state index in [4.69, 9.17) is 17.3 Å². The van der Waals surface area contributed by atoms with Gasteiger partial charge in [-0.2, -0.15) is 13.2 Å². The second-order valence-electron chi connectivity index (χ2n) is 8.11. The average Bonchev–Trinajstić information content (AvgIpc) is 3.22. The number of hydrogen-bond acceptors (Lipinski definition) is 4. The maximum atomic E-state index is 13.4. The molecule has 198 valence electrons. The van der Waals surface area contributed by atoms with Crippen LogP contribution < -0.4 is 16.4 Å². The van der Waals surface area contributed by atoms with Crippen LogP contribution >= 0.6 is 24.0 Å². The van der Waals surface area contributed by atoms with Gasteiger partial charge < -0.3 is 21.4 Å². The summed E-state index contributed by atoms with van der Waals surface area (Å²) in [7, 11) is 0. The van der Waals surface area contributed by atoms with Crippen molar-refractivity contribution in [1.29, 1.82) is 0 Å². The molecule has 4 aromatic rings. The first-order valence-corrected chi connectivity index (χ1v) is 11.2. The molecule has 0 aliphatic carbocycles. The Morgan fingerprint density at radius 3 is 2.37 bits per heavy atom. The Morgan fingerprint density at radius 2 is 1.68 bits per heavy atom. The van der Waals surface area contributed by atoms with Crippen LogP contribution in [0.4, 0.5) is 24.5 Å². The van der Waals surface area contributed by atoms with Gasteiger partial charge in [0.25, 0.3) is 11.8 Å². The number of anilines is 2. The first kappa shape index (κ1) is 28.5. The van der Waals surface area contributed by atoms with Crippen LogP contribution in [-0.2, 0) is 17.4 Å². The lowest BCUT2D eigenvalue weighted by Crippen LogP contribution is -2.19. The summed E-state index contributed by atoms with van der Waals surface area (Å²) in [5.41, 5.74) is 5.03. The van der Waals surface area contributed by atoms with Crippen LogP contribution in [0.3, 0.4) is 0 Å². The summed E-state index contributed by atoms with van der Waals surface area (Å²) in [6.45, 7) is 1.71. The molecule has 0 saturated carbocycles. The van der Waals surface area contributed by atoms with E-state index in [0.717, 1.165) is 12.1 Å². The SMILES string of the molecule is Cc1c(Cl)cccc1NC(=O)c1cc(NC(=O)c2ccccc2C(F)(F)F)cc2[nH]c(CC(N)=O)nc12.Cl. The molecule has 0 aliphatic heterocycles. The molecule has 38 heavy (non-hydrogen) atoms. The topological polar surface area (TPSA) is 130 Å². The molecule has 0 bridgehead atoms. The van der Waals surface area contributed by atoms with Crippen molar-refractivity contribution in [2.24, 2.45) is 5.73 Å². The standard InChI is InChI=1S/C25H19ClF3N5O3.ClH/c1-12-17(26)7-4-8-18(12)33-24(37)15-9-13(10-19-22(15)34-21(32-19)11-20(30)35)31-23(36)14-5-2-3-6-16(14)25(27,28)29;/h2-10H,11H2,1H3,(H2,30,35)(H,31,36)(H,32,34)(H,33,37);1H. The van der Waals surface area contributed by atoms with Crippen LogP contribution in [0.2, 0.25) is 5.02 Å². The number of alkyl halides is 3. The van der Waals surface area contributed by atoms with Gasteiger partial charge in [0.05, 0.1) is 28.6 Å². The number of rotatable bonds is 6. The summed E-state index contributed by atoms with van der Waals surface area (Å²) in [5.74, 6) is -2.15. The molecule has 0 aliphatic rings. The number of nitrogens with zero attached hydrogens (tertiary/aromatic N) is 1. The lowest BCUT2D eigenvalue weighted by molar-refractivity contribution is -0.137. The monoisotopic (exact) mass is 565 g/mol. The molecule has 1 heterocycles. The highest BCUT2D eigenvalue weighted by molar-refractivity contribution is 6.31. The normalized spacial score (nSPS) is 11.1. The Balaban J connectivity index is 0.00000400. The number of nitrogens with one attached hydrogen (secondary N) is 3.